The van der Waals surface area contributed by atoms with Crippen molar-refractivity contribution < 1.29 is 9.59 Å². The Kier molecular flexibility index (Phi) is 2.87. The van der Waals surface area contributed by atoms with E-state index in [2.05, 4.69) is 10.4 Å². The number of amides is 2. The second-order valence-electron chi connectivity index (χ2n) is 4.23. The van der Waals surface area contributed by atoms with Gasteiger partial charge in [-0.1, -0.05) is 6.92 Å². The van der Waals surface area contributed by atoms with E-state index in [0.29, 0.717) is 12.1 Å². The van der Waals surface area contributed by atoms with Crippen molar-refractivity contribution in [3.8, 4) is 0 Å². The summed E-state index contributed by atoms with van der Waals surface area (Å²) in [4.78, 5) is 25.5. The zero-order valence-electron chi connectivity index (χ0n) is 10.2. The fourth-order valence-corrected chi connectivity index (χ4v) is 1.99. The van der Waals surface area contributed by atoms with Crippen molar-refractivity contribution in [2.75, 3.05) is 4.90 Å². The summed E-state index contributed by atoms with van der Waals surface area (Å²) in [5, 5.41) is 6.74. The van der Waals surface area contributed by atoms with E-state index in [1.165, 1.54) is 4.90 Å². The molecule has 0 bridgehead atoms. The number of aromatic nitrogens is 2. The first-order valence-corrected chi connectivity index (χ1v) is 5.66. The zero-order chi connectivity index (χ0) is 12.6. The Morgan fingerprint density at radius 1 is 1.47 bits per heavy atom. The van der Waals surface area contributed by atoms with Gasteiger partial charge < -0.3 is 5.32 Å². The molecule has 1 N–H and O–H groups in total. The molecule has 1 aliphatic heterocycles. The van der Waals surface area contributed by atoms with Crippen LogP contribution in [0.5, 0.6) is 0 Å². The van der Waals surface area contributed by atoms with Gasteiger partial charge in [0.1, 0.15) is 12.1 Å². The number of aryl methyl sites for hydroxylation is 1. The maximum Gasteiger partial charge on any atom is 0.250 e. The van der Waals surface area contributed by atoms with E-state index in [-0.39, 0.29) is 11.8 Å². The molecule has 1 fully saturated rings. The molecular weight excluding hydrogens is 220 g/mol. The lowest BCUT2D eigenvalue weighted by molar-refractivity contribution is -0.133. The van der Waals surface area contributed by atoms with E-state index in [0.717, 1.165) is 0 Å². The van der Waals surface area contributed by atoms with Crippen molar-refractivity contribution in [3.63, 3.8) is 0 Å². The maximum absolute atomic E-state index is 12.2. The van der Waals surface area contributed by atoms with Gasteiger partial charge in [-0.25, -0.2) is 0 Å². The quantitative estimate of drug-likeness (QED) is 0.789. The van der Waals surface area contributed by atoms with E-state index < -0.39 is 12.1 Å². The number of carbonyl (C=O) groups is 2. The van der Waals surface area contributed by atoms with Gasteiger partial charge in [0.2, 0.25) is 11.8 Å². The first-order valence-electron chi connectivity index (χ1n) is 5.66. The molecule has 6 nitrogen and oxygen atoms in total. The zero-order valence-corrected chi connectivity index (χ0v) is 10.2. The number of nitrogens with one attached hydrogen (secondary N) is 1. The van der Waals surface area contributed by atoms with Gasteiger partial charge >= 0.3 is 0 Å². The van der Waals surface area contributed by atoms with Crippen molar-refractivity contribution >= 4 is 17.5 Å². The second kappa shape index (κ2) is 4.20. The minimum atomic E-state index is -0.491. The Bertz CT molecular complexity index is 454. The third kappa shape index (κ3) is 1.90. The highest BCUT2D eigenvalue weighted by atomic mass is 16.2. The van der Waals surface area contributed by atoms with Crippen molar-refractivity contribution in [3.05, 3.63) is 12.4 Å². The van der Waals surface area contributed by atoms with Gasteiger partial charge in [-0.15, -0.1) is 0 Å². The Balaban J connectivity index is 2.35. The predicted molar refractivity (Wildman–Crippen MR) is 62.4 cm³/mol. The summed E-state index contributed by atoms with van der Waals surface area (Å²) in [5.74, 6) is -0.201. The molecule has 1 aromatic rings. The van der Waals surface area contributed by atoms with Crippen LogP contribution in [-0.2, 0) is 16.6 Å². The van der Waals surface area contributed by atoms with Crippen LogP contribution in [-0.4, -0.2) is 33.7 Å². The topological polar surface area (TPSA) is 67.2 Å². The predicted octanol–water partition coefficient (Wildman–Crippen LogP) is 0.0500. The van der Waals surface area contributed by atoms with Gasteiger partial charge in [0, 0.05) is 13.2 Å². The van der Waals surface area contributed by atoms with Crippen LogP contribution < -0.4 is 10.2 Å². The van der Waals surface area contributed by atoms with E-state index in [1.54, 1.807) is 31.0 Å². The fourth-order valence-electron chi connectivity index (χ4n) is 1.99. The van der Waals surface area contributed by atoms with Gasteiger partial charge in [0.15, 0.2) is 0 Å². The summed E-state index contributed by atoms with van der Waals surface area (Å²) in [6.45, 7) is 3.59. The third-order valence-corrected chi connectivity index (χ3v) is 3.00. The smallest absolute Gasteiger partial charge is 0.250 e. The molecule has 92 valence electrons. The molecule has 2 atom stereocenters. The molecule has 0 spiro atoms. The van der Waals surface area contributed by atoms with Crippen LogP contribution in [0.4, 0.5) is 5.69 Å². The summed E-state index contributed by atoms with van der Waals surface area (Å²) >= 11 is 0. The van der Waals surface area contributed by atoms with Crippen molar-refractivity contribution in [1.82, 2.24) is 15.1 Å². The molecule has 2 heterocycles. The van der Waals surface area contributed by atoms with Gasteiger partial charge in [-0.3, -0.25) is 19.2 Å². The molecule has 0 saturated carbocycles. The van der Waals surface area contributed by atoms with Crippen LogP contribution in [0.2, 0.25) is 0 Å². The van der Waals surface area contributed by atoms with E-state index in [1.807, 2.05) is 6.92 Å². The molecule has 0 aliphatic carbocycles. The highest BCUT2D eigenvalue weighted by Crippen LogP contribution is 2.21. The summed E-state index contributed by atoms with van der Waals surface area (Å²) < 4.78 is 1.61. The molecule has 0 radical (unpaired) electrons. The van der Waals surface area contributed by atoms with E-state index >= 15 is 0 Å². The molecular formula is C11H16N4O2. The number of rotatable bonds is 2. The molecule has 1 saturated heterocycles. The average molecular weight is 236 g/mol. The third-order valence-electron chi connectivity index (χ3n) is 3.00. The highest BCUT2D eigenvalue weighted by Gasteiger charge is 2.38. The van der Waals surface area contributed by atoms with Crippen LogP contribution in [0.15, 0.2) is 12.4 Å². The number of anilines is 1. The first-order chi connectivity index (χ1) is 8.04. The van der Waals surface area contributed by atoms with Crippen molar-refractivity contribution in [2.24, 2.45) is 7.05 Å². The minimum absolute atomic E-state index is 0.0763. The Labute approximate surface area is 99.6 Å². The number of hydrogen-bond acceptors (Lipinski definition) is 3. The van der Waals surface area contributed by atoms with Gasteiger partial charge in [-0.05, 0) is 13.3 Å². The molecule has 1 aliphatic rings. The van der Waals surface area contributed by atoms with Crippen LogP contribution in [0.1, 0.15) is 20.3 Å². The number of carbonyl (C=O) groups excluding carboxylic acids is 2. The fraction of sp³-hybridized carbons (Fsp3) is 0.545. The first kappa shape index (κ1) is 11.6. The van der Waals surface area contributed by atoms with Crippen LogP contribution >= 0.6 is 0 Å². The molecule has 6 heteroatoms. The summed E-state index contributed by atoms with van der Waals surface area (Å²) in [5.41, 5.74) is 0.665. The summed E-state index contributed by atoms with van der Waals surface area (Å²) in [7, 11) is 1.78. The van der Waals surface area contributed by atoms with Gasteiger partial charge in [0.05, 0.1) is 11.9 Å². The number of hydrogen-bond donors (Lipinski definition) is 1. The Morgan fingerprint density at radius 2 is 2.18 bits per heavy atom. The standard InChI is InChI=1S/C11H16N4O2/c1-4-9-11(17)15(7(2)10(16)13-9)8-5-12-14(3)6-8/h5-7,9H,4H2,1-3H3,(H,13,16). The van der Waals surface area contributed by atoms with Crippen LogP contribution in [0.25, 0.3) is 0 Å². The van der Waals surface area contributed by atoms with Crippen molar-refractivity contribution in [2.45, 2.75) is 32.4 Å². The molecule has 2 amide bonds. The molecule has 2 rings (SSSR count). The van der Waals surface area contributed by atoms with Crippen LogP contribution in [0, 0.1) is 0 Å². The van der Waals surface area contributed by atoms with Crippen LogP contribution in [0.3, 0.4) is 0 Å². The highest BCUT2D eigenvalue weighted by molar-refractivity contribution is 6.08. The van der Waals surface area contributed by atoms with Gasteiger partial charge in [0.25, 0.3) is 0 Å². The largest absolute Gasteiger partial charge is 0.343 e. The Morgan fingerprint density at radius 3 is 2.71 bits per heavy atom. The summed E-state index contributed by atoms with van der Waals surface area (Å²) in [6.07, 6.45) is 3.92. The monoisotopic (exact) mass is 236 g/mol. The SMILES string of the molecule is CCC1NC(=O)C(C)N(c2cnn(C)c2)C1=O. The lowest BCUT2D eigenvalue weighted by atomic mass is 10.1. The van der Waals surface area contributed by atoms with Gasteiger partial charge in [-0.2, -0.15) is 5.10 Å². The molecule has 1 aromatic heterocycles. The Hall–Kier alpha value is -1.85. The summed E-state index contributed by atoms with van der Waals surface area (Å²) in [6, 6.07) is -0.923. The number of nitrogens with zero attached hydrogens (tertiary/aromatic N) is 3. The molecule has 0 aromatic carbocycles. The normalized spacial score (nSPS) is 25.0. The minimum Gasteiger partial charge on any atom is -0.343 e. The second-order valence-corrected chi connectivity index (χ2v) is 4.23. The molecule has 17 heavy (non-hydrogen) atoms. The average Bonchev–Trinajstić information content (AvgIpc) is 2.70. The maximum atomic E-state index is 12.2. The van der Waals surface area contributed by atoms with E-state index in [4.69, 9.17) is 0 Å². The lowest BCUT2D eigenvalue weighted by Crippen LogP contribution is -2.62. The lowest BCUT2D eigenvalue weighted by Gasteiger charge is -2.36. The molecule has 2 unspecified atom stereocenters. The van der Waals surface area contributed by atoms with E-state index in [9.17, 15) is 9.59 Å². The number of piperazine rings is 1. The van der Waals surface area contributed by atoms with Crippen molar-refractivity contribution in [1.29, 1.82) is 0 Å².